The van der Waals surface area contributed by atoms with Gasteiger partial charge in [0, 0.05) is 11.5 Å². The molecule has 2 rings (SSSR count). The van der Waals surface area contributed by atoms with Crippen LogP contribution >= 0.6 is 23.5 Å². The maximum Gasteiger partial charge on any atom is 0.0893 e. The number of nitrogens with zero attached hydrogens (tertiary/aromatic N) is 2. The van der Waals surface area contributed by atoms with Crippen molar-refractivity contribution in [2.75, 3.05) is 12.0 Å². The van der Waals surface area contributed by atoms with E-state index in [9.17, 15) is 0 Å². The van der Waals surface area contributed by atoms with Crippen LogP contribution in [0.4, 0.5) is 0 Å². The van der Waals surface area contributed by atoms with Gasteiger partial charge in [-0.15, -0.1) is 0 Å². The average Bonchev–Trinajstić information content (AvgIpc) is 2.40. The predicted molar refractivity (Wildman–Crippen MR) is 87.9 cm³/mol. The molecule has 102 valence electrons. The lowest BCUT2D eigenvalue weighted by atomic mass is 10.2. The first-order valence-electron chi connectivity index (χ1n) is 6.57. The molecule has 0 saturated carbocycles. The average molecular weight is 292 g/mol. The van der Waals surface area contributed by atoms with Crippen molar-refractivity contribution < 1.29 is 0 Å². The fourth-order valence-corrected chi connectivity index (χ4v) is 3.28. The van der Waals surface area contributed by atoms with E-state index in [1.165, 1.54) is 17.7 Å². The topological polar surface area (TPSA) is 25.8 Å². The van der Waals surface area contributed by atoms with Crippen molar-refractivity contribution in [2.45, 2.75) is 31.8 Å². The number of benzene rings is 1. The zero-order valence-corrected chi connectivity index (χ0v) is 13.4. The Morgan fingerprint density at radius 3 is 2.53 bits per heavy atom. The maximum absolute atomic E-state index is 4.81. The fourth-order valence-electron chi connectivity index (χ4n) is 1.92. The van der Waals surface area contributed by atoms with Gasteiger partial charge in [-0.25, -0.2) is 9.97 Å². The van der Waals surface area contributed by atoms with Gasteiger partial charge in [-0.2, -0.15) is 23.5 Å². The Morgan fingerprint density at radius 2 is 1.79 bits per heavy atom. The van der Waals surface area contributed by atoms with Crippen LogP contribution in [0.1, 0.15) is 30.3 Å². The molecule has 0 amide bonds. The molecule has 0 aliphatic rings. The molecule has 0 aliphatic carbocycles. The first kappa shape index (κ1) is 14.7. The number of thioether (sulfide) groups is 2. The molecule has 1 heterocycles. The van der Waals surface area contributed by atoms with Crippen molar-refractivity contribution in [3.8, 4) is 0 Å². The number of aromatic nitrogens is 2. The normalized spacial score (nSPS) is 11.1. The molecule has 0 saturated heterocycles. The van der Waals surface area contributed by atoms with Gasteiger partial charge in [0.2, 0.25) is 0 Å². The van der Waals surface area contributed by atoms with E-state index in [4.69, 9.17) is 9.97 Å². The summed E-state index contributed by atoms with van der Waals surface area (Å²) in [6, 6.07) is 6.30. The van der Waals surface area contributed by atoms with E-state index in [1.54, 1.807) is 0 Å². The van der Waals surface area contributed by atoms with Gasteiger partial charge in [-0.3, -0.25) is 0 Å². The van der Waals surface area contributed by atoms with Crippen LogP contribution in [0.5, 0.6) is 0 Å². The number of fused-ring (bicyclic) bond motifs is 1. The zero-order valence-electron chi connectivity index (χ0n) is 11.8. The Hall–Kier alpha value is -0.740. The van der Waals surface area contributed by atoms with Crippen LogP contribution in [-0.2, 0) is 11.5 Å². The Morgan fingerprint density at radius 1 is 1.05 bits per heavy atom. The van der Waals surface area contributed by atoms with E-state index < -0.39 is 0 Å². The lowest BCUT2D eigenvalue weighted by molar-refractivity contribution is 1.06. The molecular weight excluding hydrogens is 272 g/mol. The first-order chi connectivity index (χ1) is 9.24. The summed E-state index contributed by atoms with van der Waals surface area (Å²) in [6.07, 6.45) is 3.33. The highest BCUT2D eigenvalue weighted by molar-refractivity contribution is 7.98. The smallest absolute Gasteiger partial charge is 0.0893 e. The summed E-state index contributed by atoms with van der Waals surface area (Å²) in [5, 5.41) is 0. The molecule has 4 heteroatoms. The van der Waals surface area contributed by atoms with Gasteiger partial charge in [-0.05, 0) is 43.0 Å². The molecule has 1 aromatic heterocycles. The van der Waals surface area contributed by atoms with E-state index in [1.807, 2.05) is 23.5 Å². The van der Waals surface area contributed by atoms with Crippen molar-refractivity contribution in [1.82, 2.24) is 9.97 Å². The van der Waals surface area contributed by atoms with Crippen LogP contribution in [0.2, 0.25) is 0 Å². The zero-order chi connectivity index (χ0) is 13.7. The number of hydrogen-bond acceptors (Lipinski definition) is 4. The van der Waals surface area contributed by atoms with E-state index in [0.717, 1.165) is 33.9 Å². The SMILES string of the molecule is CCCSCc1nc2ccc(C)cc2nc1CSC. The minimum atomic E-state index is 0.943. The molecule has 0 aliphatic heterocycles. The molecular formula is C15H20N2S2. The van der Waals surface area contributed by atoms with Crippen LogP contribution in [0.15, 0.2) is 18.2 Å². The number of hydrogen-bond donors (Lipinski definition) is 0. The Balaban J connectivity index is 2.36. The molecule has 0 fully saturated rings. The molecule has 0 N–H and O–H groups in total. The number of rotatable bonds is 6. The highest BCUT2D eigenvalue weighted by Crippen LogP contribution is 2.21. The van der Waals surface area contributed by atoms with Gasteiger partial charge < -0.3 is 0 Å². The molecule has 1 aromatic carbocycles. The predicted octanol–water partition coefficient (Wildman–Crippen LogP) is 4.44. The van der Waals surface area contributed by atoms with E-state index in [0.29, 0.717) is 0 Å². The molecule has 2 aromatic rings. The molecule has 0 radical (unpaired) electrons. The van der Waals surface area contributed by atoms with Crippen LogP contribution in [0, 0.1) is 6.92 Å². The Kier molecular flexibility index (Phi) is 5.52. The lowest BCUT2D eigenvalue weighted by Crippen LogP contribution is -2.01. The third-order valence-corrected chi connectivity index (χ3v) is 4.58. The van der Waals surface area contributed by atoms with Crippen LogP contribution in [0.25, 0.3) is 11.0 Å². The number of aryl methyl sites for hydroxylation is 1. The third-order valence-electron chi connectivity index (χ3n) is 2.84. The first-order valence-corrected chi connectivity index (χ1v) is 9.12. The van der Waals surface area contributed by atoms with Gasteiger partial charge in [-0.1, -0.05) is 13.0 Å². The van der Waals surface area contributed by atoms with Crippen molar-refractivity contribution in [3.63, 3.8) is 0 Å². The van der Waals surface area contributed by atoms with Crippen LogP contribution in [-0.4, -0.2) is 22.0 Å². The highest BCUT2D eigenvalue weighted by atomic mass is 32.2. The maximum atomic E-state index is 4.81. The Bertz CT molecular complexity index is 555. The molecule has 0 spiro atoms. The minimum Gasteiger partial charge on any atom is -0.248 e. The summed E-state index contributed by atoms with van der Waals surface area (Å²) in [6.45, 7) is 4.31. The standard InChI is InChI=1S/C15H20N2S2/c1-4-7-19-10-15-14(9-18-3)17-13-8-11(2)5-6-12(13)16-15/h5-6,8H,4,7,9-10H2,1-3H3. The van der Waals surface area contributed by atoms with Gasteiger partial charge in [0.05, 0.1) is 22.4 Å². The lowest BCUT2D eigenvalue weighted by Gasteiger charge is -2.09. The second kappa shape index (κ2) is 7.15. The van der Waals surface area contributed by atoms with Crippen molar-refractivity contribution >= 4 is 34.6 Å². The summed E-state index contributed by atoms with van der Waals surface area (Å²) >= 11 is 3.76. The summed E-state index contributed by atoms with van der Waals surface area (Å²) in [4.78, 5) is 9.62. The van der Waals surface area contributed by atoms with Gasteiger partial charge in [0.15, 0.2) is 0 Å². The van der Waals surface area contributed by atoms with Gasteiger partial charge >= 0.3 is 0 Å². The fraction of sp³-hybridized carbons (Fsp3) is 0.467. The summed E-state index contributed by atoms with van der Waals surface area (Å²) in [5.41, 5.74) is 5.58. The van der Waals surface area contributed by atoms with Gasteiger partial charge in [0.1, 0.15) is 0 Å². The minimum absolute atomic E-state index is 0.943. The quantitative estimate of drug-likeness (QED) is 0.735. The van der Waals surface area contributed by atoms with Crippen molar-refractivity contribution in [1.29, 1.82) is 0 Å². The monoisotopic (exact) mass is 292 g/mol. The van der Waals surface area contributed by atoms with Crippen molar-refractivity contribution in [2.24, 2.45) is 0 Å². The molecule has 0 atom stereocenters. The van der Waals surface area contributed by atoms with E-state index >= 15 is 0 Å². The van der Waals surface area contributed by atoms with Crippen LogP contribution < -0.4 is 0 Å². The largest absolute Gasteiger partial charge is 0.248 e. The molecule has 2 nitrogen and oxygen atoms in total. The summed E-state index contributed by atoms with van der Waals surface area (Å²) in [7, 11) is 0. The molecule has 19 heavy (non-hydrogen) atoms. The van der Waals surface area contributed by atoms with E-state index in [-0.39, 0.29) is 0 Å². The summed E-state index contributed by atoms with van der Waals surface area (Å²) < 4.78 is 0. The second-order valence-corrected chi connectivity index (χ2v) is 6.57. The highest BCUT2D eigenvalue weighted by Gasteiger charge is 2.08. The van der Waals surface area contributed by atoms with Gasteiger partial charge in [0.25, 0.3) is 0 Å². The third kappa shape index (κ3) is 3.86. The Labute approximate surface area is 123 Å². The second-order valence-electron chi connectivity index (χ2n) is 4.59. The summed E-state index contributed by atoms with van der Waals surface area (Å²) in [5.74, 6) is 3.10. The molecule has 0 unspecified atom stereocenters. The van der Waals surface area contributed by atoms with Crippen molar-refractivity contribution in [3.05, 3.63) is 35.2 Å². The van der Waals surface area contributed by atoms with Crippen LogP contribution in [0.3, 0.4) is 0 Å². The van der Waals surface area contributed by atoms with E-state index in [2.05, 4.69) is 38.3 Å². The molecule has 0 bridgehead atoms.